The summed E-state index contributed by atoms with van der Waals surface area (Å²) in [7, 11) is 1.68. The molecule has 1 amide bonds. The summed E-state index contributed by atoms with van der Waals surface area (Å²) in [6, 6.07) is 17.4. The molecule has 7 heteroatoms. The van der Waals surface area contributed by atoms with Crippen LogP contribution >= 0.6 is 0 Å². The number of carbonyl (C=O) groups is 1. The summed E-state index contributed by atoms with van der Waals surface area (Å²) in [5.41, 5.74) is 2.50. The Morgan fingerprint density at radius 1 is 1.00 bits per heavy atom. The van der Waals surface area contributed by atoms with Crippen LogP contribution in [-0.2, 0) is 6.18 Å². The highest BCUT2D eigenvalue weighted by molar-refractivity contribution is 6.06. The minimum absolute atomic E-state index is 0.162. The average molecular weight is 395 g/mol. The number of alkyl halides is 3. The second kappa shape index (κ2) is 7.09. The van der Waals surface area contributed by atoms with E-state index in [1.165, 1.54) is 17.0 Å². The molecule has 0 fully saturated rings. The first kappa shape index (κ1) is 18.7. The molecule has 0 aliphatic carbocycles. The van der Waals surface area contributed by atoms with Gasteiger partial charge in [-0.25, -0.2) is 4.52 Å². The predicted octanol–water partition coefficient (Wildman–Crippen LogP) is 5.30. The summed E-state index contributed by atoms with van der Waals surface area (Å²) in [5, 5.41) is 4.26. The number of benzene rings is 2. The lowest BCUT2D eigenvalue weighted by Gasteiger charge is -2.18. The van der Waals surface area contributed by atoms with Gasteiger partial charge in [0.1, 0.15) is 0 Å². The molecule has 0 bridgehead atoms. The van der Waals surface area contributed by atoms with Gasteiger partial charge in [-0.1, -0.05) is 30.3 Å². The van der Waals surface area contributed by atoms with E-state index in [1.54, 1.807) is 60.4 Å². The van der Waals surface area contributed by atoms with Crippen LogP contribution in [0.1, 0.15) is 15.9 Å². The number of aromatic nitrogens is 2. The van der Waals surface area contributed by atoms with Crippen LogP contribution in [-0.4, -0.2) is 22.6 Å². The molecule has 0 radical (unpaired) electrons. The minimum atomic E-state index is -4.38. The van der Waals surface area contributed by atoms with Crippen LogP contribution < -0.4 is 4.90 Å². The Kier molecular flexibility index (Phi) is 4.58. The molecular formula is C22H16F3N3O. The molecule has 0 saturated heterocycles. The van der Waals surface area contributed by atoms with E-state index in [2.05, 4.69) is 5.10 Å². The highest BCUT2D eigenvalue weighted by Gasteiger charge is 2.30. The molecule has 0 aliphatic heterocycles. The van der Waals surface area contributed by atoms with Crippen molar-refractivity contribution < 1.29 is 18.0 Å². The van der Waals surface area contributed by atoms with Crippen molar-refractivity contribution in [2.45, 2.75) is 6.18 Å². The summed E-state index contributed by atoms with van der Waals surface area (Å²) >= 11 is 0. The fourth-order valence-electron chi connectivity index (χ4n) is 3.13. The third kappa shape index (κ3) is 3.59. The van der Waals surface area contributed by atoms with Crippen LogP contribution in [0, 0.1) is 0 Å². The van der Waals surface area contributed by atoms with Crippen LogP contribution in [0.5, 0.6) is 0 Å². The van der Waals surface area contributed by atoms with Gasteiger partial charge in [0.05, 0.1) is 17.3 Å². The highest BCUT2D eigenvalue weighted by atomic mass is 19.4. The van der Waals surface area contributed by atoms with Crippen molar-refractivity contribution in [1.82, 2.24) is 9.61 Å². The lowest BCUT2D eigenvalue weighted by Crippen LogP contribution is -2.26. The fraction of sp³-hybridized carbons (Fsp3) is 0.0909. The molecule has 0 spiro atoms. The van der Waals surface area contributed by atoms with Gasteiger partial charge in [0.2, 0.25) is 0 Å². The standard InChI is InChI=1S/C22H16F3N3O/c1-27(21(29)16-5-3-2-4-6-16)18-11-12-28-20(13-18)19(14-26-28)15-7-9-17(10-8-15)22(23,24)25/h2-14H,1H3. The zero-order chi connectivity index (χ0) is 20.6. The van der Waals surface area contributed by atoms with Gasteiger partial charge in [-0.2, -0.15) is 18.3 Å². The van der Waals surface area contributed by atoms with Gasteiger partial charge in [-0.15, -0.1) is 0 Å². The van der Waals surface area contributed by atoms with E-state index in [-0.39, 0.29) is 5.91 Å². The molecule has 0 atom stereocenters. The van der Waals surface area contributed by atoms with Gasteiger partial charge < -0.3 is 4.90 Å². The molecule has 2 aromatic heterocycles. The summed E-state index contributed by atoms with van der Waals surface area (Å²) in [6.45, 7) is 0. The van der Waals surface area contributed by atoms with E-state index in [1.807, 2.05) is 6.07 Å². The number of nitrogens with zero attached hydrogens (tertiary/aromatic N) is 3. The Morgan fingerprint density at radius 3 is 2.34 bits per heavy atom. The minimum Gasteiger partial charge on any atom is -0.311 e. The Labute approximate surface area is 164 Å². The molecule has 29 heavy (non-hydrogen) atoms. The lowest BCUT2D eigenvalue weighted by atomic mass is 10.0. The smallest absolute Gasteiger partial charge is 0.311 e. The molecule has 4 rings (SSSR count). The molecule has 0 aliphatic rings. The maximum absolute atomic E-state index is 12.8. The molecule has 2 heterocycles. The first-order valence-electron chi connectivity index (χ1n) is 8.83. The van der Waals surface area contributed by atoms with Crippen molar-refractivity contribution in [3.63, 3.8) is 0 Å². The second-order valence-electron chi connectivity index (χ2n) is 6.58. The predicted molar refractivity (Wildman–Crippen MR) is 105 cm³/mol. The summed E-state index contributed by atoms with van der Waals surface area (Å²) < 4.78 is 40.1. The summed E-state index contributed by atoms with van der Waals surface area (Å²) in [4.78, 5) is 14.2. The first-order valence-corrected chi connectivity index (χ1v) is 8.83. The lowest BCUT2D eigenvalue weighted by molar-refractivity contribution is -0.137. The number of rotatable bonds is 3. The van der Waals surface area contributed by atoms with E-state index < -0.39 is 11.7 Å². The van der Waals surface area contributed by atoms with Gasteiger partial charge in [0.25, 0.3) is 5.91 Å². The third-order valence-electron chi connectivity index (χ3n) is 4.74. The average Bonchev–Trinajstić information content (AvgIpc) is 3.16. The van der Waals surface area contributed by atoms with Gasteiger partial charge in [0, 0.05) is 30.1 Å². The SMILES string of the molecule is CN(C(=O)c1ccccc1)c1ccn2ncc(-c3ccc(C(F)(F)F)cc3)c2c1. The van der Waals surface area contributed by atoms with Gasteiger partial charge in [0.15, 0.2) is 0 Å². The molecule has 0 saturated carbocycles. The number of amides is 1. The van der Waals surface area contributed by atoms with Crippen molar-refractivity contribution >= 4 is 17.1 Å². The van der Waals surface area contributed by atoms with Crippen LogP contribution in [0.2, 0.25) is 0 Å². The van der Waals surface area contributed by atoms with E-state index in [0.29, 0.717) is 27.9 Å². The van der Waals surface area contributed by atoms with E-state index in [9.17, 15) is 18.0 Å². The van der Waals surface area contributed by atoms with Crippen LogP contribution in [0.4, 0.5) is 18.9 Å². The maximum Gasteiger partial charge on any atom is 0.416 e. The summed E-state index contributed by atoms with van der Waals surface area (Å²) in [5.74, 6) is -0.162. The third-order valence-corrected chi connectivity index (χ3v) is 4.74. The molecule has 0 unspecified atom stereocenters. The number of anilines is 1. The number of halogens is 3. The summed E-state index contributed by atoms with van der Waals surface area (Å²) in [6.07, 6.45) is -1.07. The van der Waals surface area contributed by atoms with Gasteiger partial charge in [-0.05, 0) is 42.0 Å². The van der Waals surface area contributed by atoms with Crippen LogP contribution in [0.25, 0.3) is 16.6 Å². The van der Waals surface area contributed by atoms with Gasteiger partial charge >= 0.3 is 6.18 Å². The fourth-order valence-corrected chi connectivity index (χ4v) is 3.13. The number of pyridine rings is 1. The Balaban J connectivity index is 1.70. The normalized spacial score (nSPS) is 11.6. The molecule has 2 aromatic carbocycles. The van der Waals surface area contributed by atoms with Crippen LogP contribution in [0.3, 0.4) is 0 Å². The number of carbonyl (C=O) groups excluding carboxylic acids is 1. The van der Waals surface area contributed by atoms with Gasteiger partial charge in [-0.3, -0.25) is 4.79 Å². The largest absolute Gasteiger partial charge is 0.416 e. The number of hydrogen-bond donors (Lipinski definition) is 0. The zero-order valence-electron chi connectivity index (χ0n) is 15.4. The van der Waals surface area contributed by atoms with Crippen molar-refractivity contribution in [3.8, 4) is 11.1 Å². The van der Waals surface area contributed by atoms with Crippen molar-refractivity contribution in [2.24, 2.45) is 0 Å². The molecule has 4 aromatic rings. The number of fused-ring (bicyclic) bond motifs is 1. The van der Waals surface area contributed by atoms with Crippen molar-refractivity contribution in [1.29, 1.82) is 0 Å². The monoisotopic (exact) mass is 395 g/mol. The Hall–Kier alpha value is -3.61. The van der Waals surface area contributed by atoms with E-state index >= 15 is 0 Å². The highest BCUT2D eigenvalue weighted by Crippen LogP contribution is 2.32. The maximum atomic E-state index is 12.8. The molecule has 146 valence electrons. The first-order chi connectivity index (χ1) is 13.8. The molecule has 4 nitrogen and oxygen atoms in total. The second-order valence-corrected chi connectivity index (χ2v) is 6.58. The van der Waals surface area contributed by atoms with Crippen LogP contribution in [0.15, 0.2) is 79.1 Å². The zero-order valence-corrected chi connectivity index (χ0v) is 15.4. The van der Waals surface area contributed by atoms with E-state index in [0.717, 1.165) is 12.1 Å². The topological polar surface area (TPSA) is 37.6 Å². The van der Waals surface area contributed by atoms with E-state index in [4.69, 9.17) is 0 Å². The van der Waals surface area contributed by atoms with Crippen molar-refractivity contribution in [3.05, 3.63) is 90.3 Å². The van der Waals surface area contributed by atoms with Crippen molar-refractivity contribution in [2.75, 3.05) is 11.9 Å². The molecular weight excluding hydrogens is 379 g/mol. The number of hydrogen-bond acceptors (Lipinski definition) is 2. The Bertz CT molecular complexity index is 1170. The quantitative estimate of drug-likeness (QED) is 0.472. The molecule has 0 N–H and O–H groups in total. The Morgan fingerprint density at radius 2 is 1.69 bits per heavy atom.